The van der Waals surface area contributed by atoms with Crippen molar-refractivity contribution in [2.24, 2.45) is 0 Å². The molecule has 1 rings (SSSR count). The Morgan fingerprint density at radius 2 is 2.44 bits per heavy atom. The molecule has 7 heteroatoms. The second-order valence-corrected chi connectivity index (χ2v) is 3.81. The van der Waals surface area contributed by atoms with Crippen molar-refractivity contribution in [3.05, 3.63) is 11.8 Å². The molecule has 0 spiro atoms. The van der Waals surface area contributed by atoms with E-state index in [2.05, 4.69) is 9.97 Å². The quantitative estimate of drug-likeness (QED) is 0.436. The van der Waals surface area contributed by atoms with Crippen LogP contribution < -0.4 is 5.73 Å². The Hall–Kier alpha value is -1.34. The van der Waals surface area contributed by atoms with E-state index in [0.29, 0.717) is 10.9 Å². The van der Waals surface area contributed by atoms with Gasteiger partial charge in [0.25, 0.3) is 0 Å². The Bertz CT molecular complexity index is 373. The topological polar surface area (TPSA) is 98.3 Å². The van der Waals surface area contributed by atoms with E-state index in [4.69, 9.17) is 15.6 Å². The van der Waals surface area contributed by atoms with Crippen LogP contribution in [0.25, 0.3) is 0 Å². The first-order chi connectivity index (χ1) is 7.69. The van der Waals surface area contributed by atoms with Gasteiger partial charge >= 0.3 is 5.97 Å². The van der Waals surface area contributed by atoms with Gasteiger partial charge in [-0.25, -0.2) is 14.8 Å². The lowest BCUT2D eigenvalue weighted by Gasteiger charge is -2.05. The number of ether oxygens (including phenoxy) is 1. The molecular weight excluding hydrogens is 230 g/mol. The maximum absolute atomic E-state index is 11.4. The maximum atomic E-state index is 11.4. The number of nitrogens with zero attached hydrogens (tertiary/aromatic N) is 2. The molecule has 0 aliphatic rings. The molecule has 16 heavy (non-hydrogen) atoms. The monoisotopic (exact) mass is 243 g/mol. The van der Waals surface area contributed by atoms with Gasteiger partial charge in [0.2, 0.25) is 0 Å². The third-order valence-electron chi connectivity index (χ3n) is 1.61. The number of aliphatic hydroxyl groups excluding tert-OH is 1. The number of hydrogen-bond donors (Lipinski definition) is 2. The number of esters is 1. The largest absolute Gasteiger partial charge is 0.462 e. The van der Waals surface area contributed by atoms with Crippen LogP contribution >= 0.6 is 11.8 Å². The molecule has 1 aromatic rings. The summed E-state index contributed by atoms with van der Waals surface area (Å²) < 4.78 is 4.78. The number of rotatable bonds is 5. The van der Waals surface area contributed by atoms with E-state index in [9.17, 15) is 4.79 Å². The minimum Gasteiger partial charge on any atom is -0.462 e. The van der Waals surface area contributed by atoms with Crippen molar-refractivity contribution in [1.82, 2.24) is 9.97 Å². The summed E-state index contributed by atoms with van der Waals surface area (Å²) in [4.78, 5) is 19.2. The fourth-order valence-corrected chi connectivity index (χ4v) is 1.51. The molecule has 3 N–H and O–H groups in total. The molecule has 0 aliphatic heterocycles. The number of anilines is 1. The molecule has 0 bridgehead atoms. The lowest BCUT2D eigenvalue weighted by atomic mass is 10.3. The van der Waals surface area contributed by atoms with E-state index in [1.54, 1.807) is 6.92 Å². The molecule has 0 radical (unpaired) electrons. The minimum absolute atomic E-state index is 0.0353. The first kappa shape index (κ1) is 12.7. The van der Waals surface area contributed by atoms with Crippen molar-refractivity contribution in [3.8, 4) is 0 Å². The van der Waals surface area contributed by atoms with Crippen LogP contribution in [0.2, 0.25) is 0 Å². The van der Waals surface area contributed by atoms with Crippen molar-refractivity contribution < 1.29 is 14.6 Å². The number of nitrogen functional groups attached to an aromatic ring is 1. The molecular formula is C9H13N3O3S. The lowest BCUT2D eigenvalue weighted by molar-refractivity contribution is 0.0526. The van der Waals surface area contributed by atoms with E-state index in [0.717, 1.165) is 0 Å². The molecule has 0 atom stereocenters. The summed E-state index contributed by atoms with van der Waals surface area (Å²) in [6.07, 6.45) is 1.33. The SMILES string of the molecule is CCOC(=O)c1cnc(SCCO)nc1N. The molecule has 0 aliphatic carbocycles. The number of carbonyl (C=O) groups is 1. The van der Waals surface area contributed by atoms with Crippen LogP contribution in [0.3, 0.4) is 0 Å². The first-order valence-corrected chi connectivity index (χ1v) is 5.71. The fourth-order valence-electron chi connectivity index (χ4n) is 0.951. The predicted octanol–water partition coefficient (Wildman–Crippen LogP) is 0.320. The van der Waals surface area contributed by atoms with Crippen LogP contribution in [0, 0.1) is 0 Å². The Balaban J connectivity index is 2.78. The fraction of sp³-hybridized carbons (Fsp3) is 0.444. The summed E-state index contributed by atoms with van der Waals surface area (Å²) in [6.45, 7) is 2.02. The van der Waals surface area contributed by atoms with Crippen molar-refractivity contribution in [2.45, 2.75) is 12.1 Å². The van der Waals surface area contributed by atoms with Gasteiger partial charge in [0.1, 0.15) is 11.4 Å². The summed E-state index contributed by atoms with van der Waals surface area (Å²) >= 11 is 1.26. The number of thioether (sulfide) groups is 1. The summed E-state index contributed by atoms with van der Waals surface area (Å²) in [6, 6.07) is 0. The summed E-state index contributed by atoms with van der Waals surface area (Å²) in [5.41, 5.74) is 5.76. The lowest BCUT2D eigenvalue weighted by Crippen LogP contribution is -2.10. The van der Waals surface area contributed by atoms with E-state index >= 15 is 0 Å². The highest BCUT2D eigenvalue weighted by atomic mass is 32.2. The van der Waals surface area contributed by atoms with E-state index in [-0.39, 0.29) is 24.6 Å². The van der Waals surface area contributed by atoms with Gasteiger partial charge in [0.05, 0.1) is 13.2 Å². The van der Waals surface area contributed by atoms with Crippen LogP contribution in [0.4, 0.5) is 5.82 Å². The highest BCUT2D eigenvalue weighted by molar-refractivity contribution is 7.99. The van der Waals surface area contributed by atoms with Gasteiger partial charge in [0.15, 0.2) is 5.16 Å². The van der Waals surface area contributed by atoms with E-state index < -0.39 is 5.97 Å². The molecule has 0 unspecified atom stereocenters. The average molecular weight is 243 g/mol. The number of hydrogen-bond acceptors (Lipinski definition) is 7. The van der Waals surface area contributed by atoms with Crippen LogP contribution in [0.15, 0.2) is 11.4 Å². The molecule has 0 saturated carbocycles. The maximum Gasteiger partial charge on any atom is 0.343 e. The second kappa shape index (κ2) is 6.29. The predicted molar refractivity (Wildman–Crippen MR) is 60.2 cm³/mol. The van der Waals surface area contributed by atoms with Gasteiger partial charge in [-0.15, -0.1) is 0 Å². The third-order valence-corrected chi connectivity index (χ3v) is 2.46. The second-order valence-electron chi connectivity index (χ2n) is 2.74. The molecule has 1 aromatic heterocycles. The first-order valence-electron chi connectivity index (χ1n) is 4.72. The van der Waals surface area contributed by atoms with Crippen LogP contribution in [-0.2, 0) is 4.74 Å². The van der Waals surface area contributed by atoms with Crippen molar-refractivity contribution in [2.75, 3.05) is 24.7 Å². The molecule has 0 aromatic carbocycles. The molecule has 0 saturated heterocycles. The number of aliphatic hydroxyl groups is 1. The van der Waals surface area contributed by atoms with Crippen LogP contribution in [-0.4, -0.2) is 40.0 Å². The molecule has 1 heterocycles. The Kier molecular flexibility index (Phi) is 5.00. The van der Waals surface area contributed by atoms with Crippen molar-refractivity contribution in [3.63, 3.8) is 0 Å². The molecule has 6 nitrogen and oxygen atoms in total. The molecule has 0 fully saturated rings. The van der Waals surface area contributed by atoms with Crippen LogP contribution in [0.1, 0.15) is 17.3 Å². The van der Waals surface area contributed by atoms with Gasteiger partial charge in [0, 0.05) is 11.9 Å². The Morgan fingerprint density at radius 1 is 1.69 bits per heavy atom. The van der Waals surface area contributed by atoms with Gasteiger partial charge in [-0.05, 0) is 6.92 Å². The van der Waals surface area contributed by atoms with E-state index in [1.165, 1.54) is 18.0 Å². The van der Waals surface area contributed by atoms with Gasteiger partial charge in [-0.2, -0.15) is 0 Å². The molecule has 0 amide bonds. The minimum atomic E-state index is -0.529. The van der Waals surface area contributed by atoms with E-state index in [1.807, 2.05) is 0 Å². The van der Waals surface area contributed by atoms with Gasteiger partial charge < -0.3 is 15.6 Å². The number of nitrogens with two attached hydrogens (primary N) is 1. The zero-order valence-corrected chi connectivity index (χ0v) is 9.66. The number of carbonyl (C=O) groups excluding carboxylic acids is 1. The zero-order valence-electron chi connectivity index (χ0n) is 8.84. The number of aromatic nitrogens is 2. The van der Waals surface area contributed by atoms with Gasteiger partial charge in [-0.1, -0.05) is 11.8 Å². The summed E-state index contributed by atoms with van der Waals surface area (Å²) in [7, 11) is 0. The zero-order chi connectivity index (χ0) is 12.0. The third kappa shape index (κ3) is 3.35. The summed E-state index contributed by atoms with van der Waals surface area (Å²) in [5.74, 6) is 0.0469. The van der Waals surface area contributed by atoms with Crippen molar-refractivity contribution in [1.29, 1.82) is 0 Å². The molecule has 88 valence electrons. The highest BCUT2D eigenvalue weighted by Crippen LogP contribution is 2.16. The van der Waals surface area contributed by atoms with Crippen molar-refractivity contribution >= 4 is 23.5 Å². The Morgan fingerprint density at radius 3 is 3.00 bits per heavy atom. The normalized spacial score (nSPS) is 10.1. The highest BCUT2D eigenvalue weighted by Gasteiger charge is 2.13. The average Bonchev–Trinajstić information content (AvgIpc) is 2.26. The smallest absolute Gasteiger partial charge is 0.343 e. The van der Waals surface area contributed by atoms with Gasteiger partial charge in [-0.3, -0.25) is 0 Å². The standard InChI is InChI=1S/C9H13N3O3S/c1-2-15-8(14)6-5-11-9(12-7(6)10)16-4-3-13/h5,13H,2-4H2,1H3,(H2,10,11,12). The summed E-state index contributed by atoms with van der Waals surface area (Å²) in [5, 5.41) is 9.06. The Labute approximate surface area is 97.2 Å². The van der Waals surface area contributed by atoms with Crippen LogP contribution in [0.5, 0.6) is 0 Å².